The molecular weight excluding hydrogens is 248 g/mol. The first kappa shape index (κ1) is 15.8. The van der Waals surface area contributed by atoms with E-state index in [1.807, 2.05) is 20.8 Å². The van der Waals surface area contributed by atoms with Gasteiger partial charge in [0.1, 0.15) is 5.92 Å². The second-order valence-corrected chi connectivity index (χ2v) is 5.37. The molecule has 6 nitrogen and oxygen atoms in total. The molecule has 1 heterocycles. The van der Waals surface area contributed by atoms with Crippen LogP contribution >= 0.6 is 0 Å². The molecule has 3 atom stereocenters. The van der Waals surface area contributed by atoms with Gasteiger partial charge in [-0.15, -0.1) is 0 Å². The Morgan fingerprint density at radius 1 is 1.42 bits per heavy atom. The van der Waals surface area contributed by atoms with Crippen molar-refractivity contribution in [1.82, 2.24) is 10.2 Å². The van der Waals surface area contributed by atoms with Crippen LogP contribution in [0.1, 0.15) is 27.2 Å². The van der Waals surface area contributed by atoms with E-state index in [1.54, 1.807) is 7.05 Å². The van der Waals surface area contributed by atoms with Crippen LogP contribution in [-0.4, -0.2) is 54.4 Å². The number of hydrogen-bond acceptors (Lipinski definition) is 3. The number of carboxylic acid groups (broad SMARTS) is 1. The first-order valence-electron chi connectivity index (χ1n) is 6.72. The topological polar surface area (TPSA) is 78.9 Å². The van der Waals surface area contributed by atoms with E-state index in [-0.39, 0.29) is 25.3 Å². The van der Waals surface area contributed by atoms with E-state index in [0.717, 1.165) is 6.42 Å². The molecule has 0 aromatic rings. The molecule has 0 spiro atoms. The molecule has 0 bridgehead atoms. The van der Waals surface area contributed by atoms with Gasteiger partial charge in [0, 0.05) is 13.1 Å². The average Bonchev–Trinajstić information content (AvgIpc) is 2.83. The molecule has 0 aromatic carbocycles. The second kappa shape index (κ2) is 6.75. The molecule has 0 radical (unpaired) electrons. The van der Waals surface area contributed by atoms with E-state index >= 15 is 0 Å². The van der Waals surface area contributed by atoms with Gasteiger partial charge in [-0.3, -0.25) is 4.79 Å². The van der Waals surface area contributed by atoms with Crippen LogP contribution in [0.4, 0.5) is 4.79 Å². The lowest BCUT2D eigenvalue weighted by Crippen LogP contribution is -2.51. The molecule has 0 saturated carbocycles. The summed E-state index contributed by atoms with van der Waals surface area (Å²) in [6, 6.07) is -0.537. The van der Waals surface area contributed by atoms with Crippen LogP contribution in [0, 0.1) is 11.8 Å². The van der Waals surface area contributed by atoms with Gasteiger partial charge in [-0.1, -0.05) is 20.8 Å². The SMILES string of the molecule is CCC(NC(=O)N(C)C1COCC1C(=O)O)C(C)C. The highest BCUT2D eigenvalue weighted by Crippen LogP contribution is 2.19. The third-order valence-corrected chi connectivity index (χ3v) is 3.74. The van der Waals surface area contributed by atoms with E-state index in [2.05, 4.69) is 5.32 Å². The van der Waals surface area contributed by atoms with Crippen LogP contribution < -0.4 is 5.32 Å². The summed E-state index contributed by atoms with van der Waals surface area (Å²) in [5, 5.41) is 12.0. The molecule has 1 rings (SSSR count). The molecule has 0 aliphatic carbocycles. The monoisotopic (exact) mass is 272 g/mol. The van der Waals surface area contributed by atoms with Crippen molar-refractivity contribution in [1.29, 1.82) is 0 Å². The summed E-state index contributed by atoms with van der Waals surface area (Å²) < 4.78 is 5.18. The zero-order chi connectivity index (χ0) is 14.6. The number of carbonyl (C=O) groups is 2. The van der Waals surface area contributed by atoms with Crippen molar-refractivity contribution < 1.29 is 19.4 Å². The molecule has 110 valence electrons. The van der Waals surface area contributed by atoms with Gasteiger partial charge in [-0.05, 0) is 12.3 Å². The molecule has 6 heteroatoms. The normalized spacial score (nSPS) is 24.3. The molecule has 19 heavy (non-hydrogen) atoms. The standard InChI is InChI=1S/C13H24N2O4/c1-5-10(8(2)3)14-13(18)15(4)11-7-19-6-9(11)12(16)17/h8-11H,5-7H2,1-4H3,(H,14,18)(H,16,17). The zero-order valence-electron chi connectivity index (χ0n) is 12.0. The van der Waals surface area contributed by atoms with E-state index in [4.69, 9.17) is 9.84 Å². The number of aliphatic carboxylic acids is 1. The van der Waals surface area contributed by atoms with Gasteiger partial charge in [-0.25, -0.2) is 4.79 Å². The lowest BCUT2D eigenvalue weighted by atomic mass is 10.0. The summed E-state index contributed by atoms with van der Waals surface area (Å²) in [6.45, 7) is 6.56. The van der Waals surface area contributed by atoms with Crippen molar-refractivity contribution in [2.24, 2.45) is 11.8 Å². The number of amides is 2. The molecule has 2 amide bonds. The van der Waals surface area contributed by atoms with Crippen LogP contribution in [0.15, 0.2) is 0 Å². The number of carbonyl (C=O) groups excluding carboxylic acids is 1. The highest BCUT2D eigenvalue weighted by molar-refractivity contribution is 5.77. The van der Waals surface area contributed by atoms with Gasteiger partial charge >= 0.3 is 12.0 Å². The summed E-state index contributed by atoms with van der Waals surface area (Å²) in [5.41, 5.74) is 0. The van der Waals surface area contributed by atoms with Crippen LogP contribution in [0.5, 0.6) is 0 Å². The Hall–Kier alpha value is -1.30. The molecule has 1 aliphatic rings. The third-order valence-electron chi connectivity index (χ3n) is 3.74. The van der Waals surface area contributed by atoms with E-state index < -0.39 is 17.9 Å². The fourth-order valence-corrected chi connectivity index (χ4v) is 2.31. The van der Waals surface area contributed by atoms with Crippen molar-refractivity contribution >= 4 is 12.0 Å². The van der Waals surface area contributed by atoms with Gasteiger partial charge in [0.2, 0.25) is 0 Å². The number of nitrogens with one attached hydrogen (secondary N) is 1. The number of urea groups is 1. The number of hydrogen-bond donors (Lipinski definition) is 2. The predicted octanol–water partition coefficient (Wildman–Crippen LogP) is 1.16. The fourth-order valence-electron chi connectivity index (χ4n) is 2.31. The Labute approximate surface area is 114 Å². The number of ether oxygens (including phenoxy) is 1. The fraction of sp³-hybridized carbons (Fsp3) is 0.846. The van der Waals surface area contributed by atoms with Crippen LogP contribution in [-0.2, 0) is 9.53 Å². The minimum atomic E-state index is -0.918. The Morgan fingerprint density at radius 2 is 2.05 bits per heavy atom. The molecule has 1 fully saturated rings. The zero-order valence-corrected chi connectivity index (χ0v) is 12.0. The number of rotatable bonds is 5. The number of likely N-dealkylation sites (N-methyl/N-ethyl adjacent to an activating group) is 1. The summed E-state index contributed by atoms with van der Waals surface area (Å²) in [6.07, 6.45) is 0.848. The summed E-state index contributed by atoms with van der Waals surface area (Å²) in [4.78, 5) is 24.7. The number of carboxylic acids is 1. The summed E-state index contributed by atoms with van der Waals surface area (Å²) >= 11 is 0. The second-order valence-electron chi connectivity index (χ2n) is 5.37. The van der Waals surface area contributed by atoms with Crippen LogP contribution in [0.3, 0.4) is 0 Å². The van der Waals surface area contributed by atoms with Crippen molar-refractivity contribution in [3.05, 3.63) is 0 Å². The molecule has 0 aromatic heterocycles. The van der Waals surface area contributed by atoms with Crippen molar-refractivity contribution in [2.45, 2.75) is 39.3 Å². The molecule has 3 unspecified atom stereocenters. The molecule has 2 N–H and O–H groups in total. The van der Waals surface area contributed by atoms with Gasteiger partial charge < -0.3 is 20.1 Å². The summed E-state index contributed by atoms with van der Waals surface area (Å²) in [5.74, 6) is -1.22. The molecular formula is C13H24N2O4. The Morgan fingerprint density at radius 3 is 2.53 bits per heavy atom. The van der Waals surface area contributed by atoms with Crippen LogP contribution in [0.25, 0.3) is 0 Å². The Balaban J connectivity index is 2.63. The van der Waals surface area contributed by atoms with E-state index in [9.17, 15) is 9.59 Å². The minimum Gasteiger partial charge on any atom is -0.481 e. The highest BCUT2D eigenvalue weighted by atomic mass is 16.5. The molecule has 1 saturated heterocycles. The van der Waals surface area contributed by atoms with Gasteiger partial charge in [0.15, 0.2) is 0 Å². The Kier molecular flexibility index (Phi) is 5.60. The molecule has 1 aliphatic heterocycles. The average molecular weight is 272 g/mol. The summed E-state index contributed by atoms with van der Waals surface area (Å²) in [7, 11) is 1.62. The lowest BCUT2D eigenvalue weighted by molar-refractivity contribution is -0.142. The van der Waals surface area contributed by atoms with Crippen molar-refractivity contribution in [3.63, 3.8) is 0 Å². The van der Waals surface area contributed by atoms with E-state index in [0.29, 0.717) is 5.92 Å². The van der Waals surface area contributed by atoms with Gasteiger partial charge in [-0.2, -0.15) is 0 Å². The minimum absolute atomic E-state index is 0.0977. The smallest absolute Gasteiger partial charge is 0.317 e. The van der Waals surface area contributed by atoms with E-state index in [1.165, 1.54) is 4.90 Å². The lowest BCUT2D eigenvalue weighted by Gasteiger charge is -2.29. The quantitative estimate of drug-likeness (QED) is 0.787. The third kappa shape index (κ3) is 3.83. The van der Waals surface area contributed by atoms with Crippen LogP contribution in [0.2, 0.25) is 0 Å². The van der Waals surface area contributed by atoms with Crippen molar-refractivity contribution in [2.75, 3.05) is 20.3 Å². The maximum absolute atomic E-state index is 12.1. The first-order chi connectivity index (χ1) is 8.88. The first-order valence-corrected chi connectivity index (χ1v) is 6.72. The maximum Gasteiger partial charge on any atom is 0.317 e. The van der Waals surface area contributed by atoms with Gasteiger partial charge in [0.25, 0.3) is 0 Å². The predicted molar refractivity (Wildman–Crippen MR) is 70.9 cm³/mol. The van der Waals surface area contributed by atoms with Gasteiger partial charge in [0.05, 0.1) is 19.3 Å². The van der Waals surface area contributed by atoms with Crippen molar-refractivity contribution in [3.8, 4) is 0 Å². The number of nitrogens with zero attached hydrogens (tertiary/aromatic N) is 1. The Bertz CT molecular complexity index is 333. The highest BCUT2D eigenvalue weighted by Gasteiger charge is 2.38. The maximum atomic E-state index is 12.1. The largest absolute Gasteiger partial charge is 0.481 e.